The number of aliphatic carboxylic acids is 2. The standard InChI is InChI=1S/C19H21NO5/c1-4-19(18(24)25)9-15(17(22)23)11(2)16(10-19)20-14-7-5-6-13(8-14)12(3)21/h5-8,10,20H,4,9H2,1-3H3,(H,22,23)(H,24,25). The van der Waals surface area contributed by atoms with Crippen molar-refractivity contribution in [2.24, 2.45) is 5.41 Å². The number of nitrogens with one attached hydrogen (secondary N) is 1. The summed E-state index contributed by atoms with van der Waals surface area (Å²) in [6, 6.07) is 6.79. The van der Waals surface area contributed by atoms with Gasteiger partial charge in [-0.15, -0.1) is 0 Å². The molecule has 6 heteroatoms. The molecule has 0 amide bonds. The molecule has 2 rings (SSSR count). The molecule has 0 heterocycles. The van der Waals surface area contributed by atoms with Crippen LogP contribution in [-0.2, 0) is 9.59 Å². The van der Waals surface area contributed by atoms with E-state index in [1.165, 1.54) is 6.92 Å². The van der Waals surface area contributed by atoms with Gasteiger partial charge in [-0.1, -0.05) is 19.1 Å². The lowest BCUT2D eigenvalue weighted by Gasteiger charge is -2.32. The molecular formula is C19H21NO5. The molecule has 1 aliphatic rings. The zero-order valence-corrected chi connectivity index (χ0v) is 14.4. The van der Waals surface area contributed by atoms with Crippen LogP contribution >= 0.6 is 0 Å². The van der Waals surface area contributed by atoms with Gasteiger partial charge in [0.1, 0.15) is 0 Å². The lowest BCUT2D eigenvalue weighted by Crippen LogP contribution is -2.34. The number of benzene rings is 1. The highest BCUT2D eigenvalue weighted by Crippen LogP contribution is 2.41. The number of allylic oxidation sites excluding steroid dienone is 1. The molecule has 6 nitrogen and oxygen atoms in total. The van der Waals surface area contributed by atoms with Gasteiger partial charge in [0.05, 0.1) is 5.41 Å². The number of Topliss-reactive ketones (excluding diaryl/α,β-unsaturated/α-hetero) is 1. The van der Waals surface area contributed by atoms with Gasteiger partial charge in [0, 0.05) is 22.5 Å². The van der Waals surface area contributed by atoms with E-state index < -0.39 is 17.4 Å². The number of carboxylic acids is 2. The van der Waals surface area contributed by atoms with Crippen LogP contribution in [0, 0.1) is 5.41 Å². The monoisotopic (exact) mass is 343 g/mol. The first-order valence-corrected chi connectivity index (χ1v) is 7.98. The number of carboxylic acid groups (broad SMARTS) is 2. The minimum atomic E-state index is -1.27. The second kappa shape index (κ2) is 6.93. The average Bonchev–Trinajstić information content (AvgIpc) is 2.56. The summed E-state index contributed by atoms with van der Waals surface area (Å²) in [5, 5.41) is 22.2. The Balaban J connectivity index is 2.51. The molecule has 0 aromatic heterocycles. The van der Waals surface area contributed by atoms with Crippen molar-refractivity contribution in [2.45, 2.75) is 33.6 Å². The van der Waals surface area contributed by atoms with E-state index in [2.05, 4.69) is 5.32 Å². The highest BCUT2D eigenvalue weighted by Gasteiger charge is 2.41. The van der Waals surface area contributed by atoms with Gasteiger partial charge < -0.3 is 15.5 Å². The molecule has 1 aromatic carbocycles. The number of hydrogen-bond donors (Lipinski definition) is 3. The fourth-order valence-electron chi connectivity index (χ4n) is 2.90. The van der Waals surface area contributed by atoms with Gasteiger partial charge in [-0.2, -0.15) is 0 Å². The highest BCUT2D eigenvalue weighted by atomic mass is 16.4. The first-order chi connectivity index (χ1) is 11.7. The lowest BCUT2D eigenvalue weighted by atomic mass is 9.73. The lowest BCUT2D eigenvalue weighted by molar-refractivity contribution is -0.146. The molecule has 1 aliphatic carbocycles. The van der Waals surface area contributed by atoms with Crippen molar-refractivity contribution in [3.63, 3.8) is 0 Å². The summed E-state index contributed by atoms with van der Waals surface area (Å²) in [4.78, 5) is 34.9. The Morgan fingerprint density at radius 1 is 1.24 bits per heavy atom. The second-order valence-corrected chi connectivity index (χ2v) is 6.22. The van der Waals surface area contributed by atoms with Crippen LogP contribution in [0.4, 0.5) is 5.69 Å². The average molecular weight is 343 g/mol. The van der Waals surface area contributed by atoms with Crippen molar-refractivity contribution < 1.29 is 24.6 Å². The maximum Gasteiger partial charge on any atom is 0.331 e. The molecule has 0 saturated carbocycles. The van der Waals surface area contributed by atoms with Gasteiger partial charge in [0.25, 0.3) is 0 Å². The Labute approximate surface area is 145 Å². The van der Waals surface area contributed by atoms with Crippen molar-refractivity contribution in [1.82, 2.24) is 0 Å². The molecule has 0 fully saturated rings. The number of hydrogen-bond acceptors (Lipinski definition) is 4. The molecule has 0 saturated heterocycles. The molecule has 25 heavy (non-hydrogen) atoms. The van der Waals surface area contributed by atoms with Gasteiger partial charge in [0.15, 0.2) is 5.78 Å². The third-order valence-electron chi connectivity index (χ3n) is 4.63. The van der Waals surface area contributed by atoms with Crippen LogP contribution in [-0.4, -0.2) is 27.9 Å². The first-order valence-electron chi connectivity index (χ1n) is 7.98. The highest BCUT2D eigenvalue weighted by molar-refractivity contribution is 5.95. The van der Waals surface area contributed by atoms with E-state index in [9.17, 15) is 24.6 Å². The molecule has 0 spiro atoms. The van der Waals surface area contributed by atoms with Gasteiger partial charge in [0.2, 0.25) is 0 Å². The van der Waals surface area contributed by atoms with Crippen molar-refractivity contribution in [3.05, 3.63) is 52.7 Å². The zero-order chi connectivity index (χ0) is 18.8. The maximum absolute atomic E-state index is 11.8. The normalized spacial score (nSPS) is 20.0. The topological polar surface area (TPSA) is 104 Å². The summed E-state index contributed by atoms with van der Waals surface area (Å²) in [6.45, 7) is 4.83. The molecule has 0 aliphatic heterocycles. The Kier molecular flexibility index (Phi) is 5.11. The summed E-state index contributed by atoms with van der Waals surface area (Å²) in [5.41, 5.74) is 0.853. The SMILES string of the molecule is CCC1(C(=O)O)C=C(Nc2cccc(C(C)=O)c2)C(C)=C(C(=O)O)C1. The van der Waals surface area contributed by atoms with E-state index >= 15 is 0 Å². The number of carbonyl (C=O) groups excluding carboxylic acids is 1. The molecule has 3 N–H and O–H groups in total. The summed E-state index contributed by atoms with van der Waals surface area (Å²) in [5.74, 6) is -2.27. The van der Waals surface area contributed by atoms with E-state index in [1.807, 2.05) is 0 Å². The minimum absolute atomic E-state index is 0.0569. The molecular weight excluding hydrogens is 322 g/mol. The van der Waals surface area contributed by atoms with Crippen molar-refractivity contribution >= 4 is 23.4 Å². The van der Waals surface area contributed by atoms with E-state index in [-0.39, 0.29) is 24.2 Å². The van der Waals surface area contributed by atoms with Crippen molar-refractivity contribution in [3.8, 4) is 0 Å². The van der Waals surface area contributed by atoms with E-state index in [0.29, 0.717) is 22.5 Å². The smallest absolute Gasteiger partial charge is 0.331 e. The van der Waals surface area contributed by atoms with Crippen LogP contribution < -0.4 is 5.32 Å². The predicted octanol–water partition coefficient (Wildman–Crippen LogP) is 3.47. The van der Waals surface area contributed by atoms with E-state index in [1.54, 1.807) is 44.2 Å². The van der Waals surface area contributed by atoms with Crippen molar-refractivity contribution in [2.75, 3.05) is 5.32 Å². The van der Waals surface area contributed by atoms with Crippen molar-refractivity contribution in [1.29, 1.82) is 0 Å². The molecule has 1 aromatic rings. The first kappa shape index (κ1) is 18.4. The van der Waals surface area contributed by atoms with E-state index in [0.717, 1.165) is 0 Å². The fraction of sp³-hybridized carbons (Fsp3) is 0.316. The Morgan fingerprint density at radius 3 is 2.44 bits per heavy atom. The Morgan fingerprint density at radius 2 is 1.92 bits per heavy atom. The quantitative estimate of drug-likeness (QED) is 0.683. The second-order valence-electron chi connectivity index (χ2n) is 6.22. The number of rotatable bonds is 6. The number of ketones is 1. The van der Waals surface area contributed by atoms with Crippen LogP contribution in [0.15, 0.2) is 47.2 Å². The van der Waals surface area contributed by atoms with Crippen LogP contribution in [0.3, 0.4) is 0 Å². The summed E-state index contributed by atoms with van der Waals surface area (Å²) in [6.07, 6.45) is 1.79. The third-order valence-corrected chi connectivity index (χ3v) is 4.63. The zero-order valence-electron chi connectivity index (χ0n) is 14.4. The Bertz CT molecular complexity index is 806. The van der Waals surface area contributed by atoms with Crippen LogP contribution in [0.2, 0.25) is 0 Å². The van der Waals surface area contributed by atoms with Gasteiger partial charge in [-0.3, -0.25) is 9.59 Å². The minimum Gasteiger partial charge on any atom is -0.481 e. The van der Waals surface area contributed by atoms with Crippen LogP contribution in [0.5, 0.6) is 0 Å². The number of carbonyl (C=O) groups is 3. The van der Waals surface area contributed by atoms with Crippen LogP contribution in [0.25, 0.3) is 0 Å². The molecule has 132 valence electrons. The van der Waals surface area contributed by atoms with E-state index in [4.69, 9.17) is 0 Å². The molecule has 1 unspecified atom stereocenters. The van der Waals surface area contributed by atoms with Crippen LogP contribution in [0.1, 0.15) is 44.0 Å². The molecule has 1 atom stereocenters. The largest absolute Gasteiger partial charge is 0.481 e. The summed E-state index contributed by atoms with van der Waals surface area (Å²) >= 11 is 0. The fourth-order valence-corrected chi connectivity index (χ4v) is 2.90. The predicted molar refractivity (Wildman–Crippen MR) is 93.5 cm³/mol. The molecule has 0 radical (unpaired) electrons. The molecule has 0 bridgehead atoms. The van der Waals surface area contributed by atoms with Gasteiger partial charge in [-0.25, -0.2) is 4.79 Å². The maximum atomic E-state index is 11.8. The third kappa shape index (κ3) is 3.63. The van der Waals surface area contributed by atoms with Gasteiger partial charge >= 0.3 is 11.9 Å². The number of anilines is 1. The summed E-state index contributed by atoms with van der Waals surface area (Å²) in [7, 11) is 0. The Hall–Kier alpha value is -2.89. The summed E-state index contributed by atoms with van der Waals surface area (Å²) < 4.78 is 0. The van der Waals surface area contributed by atoms with Gasteiger partial charge in [-0.05, 0) is 50.5 Å².